The number of ether oxygens (including phenoxy) is 1. The van der Waals surface area contributed by atoms with Crippen molar-refractivity contribution in [3.05, 3.63) is 48.0 Å². The fourth-order valence-electron chi connectivity index (χ4n) is 2.70. The van der Waals surface area contributed by atoms with E-state index in [1.165, 1.54) is 18.2 Å². The zero-order valence-electron chi connectivity index (χ0n) is 15.3. The molecule has 0 radical (unpaired) electrons. The van der Waals surface area contributed by atoms with Gasteiger partial charge in [0.25, 0.3) is 10.1 Å². The molecule has 0 aliphatic rings. The van der Waals surface area contributed by atoms with Gasteiger partial charge in [-0.15, -0.1) is 0 Å². The molecule has 2 aromatic rings. The van der Waals surface area contributed by atoms with Crippen LogP contribution in [0.3, 0.4) is 0 Å². The molecule has 2 aromatic carbocycles. The summed E-state index contributed by atoms with van der Waals surface area (Å²) in [5.74, 6) is -0.363. The van der Waals surface area contributed by atoms with Gasteiger partial charge in [0, 0.05) is 0 Å². The molecule has 0 amide bonds. The number of hydrogen-bond donors (Lipinski definition) is 1. The van der Waals surface area contributed by atoms with Gasteiger partial charge in [0.15, 0.2) is 0 Å². The van der Waals surface area contributed by atoms with E-state index in [0.717, 1.165) is 32.1 Å². The summed E-state index contributed by atoms with van der Waals surface area (Å²) in [5, 5.41) is 11.8. The molecule has 0 aliphatic heterocycles. The van der Waals surface area contributed by atoms with Gasteiger partial charge < -0.3 is 9.84 Å². The molecule has 136 valence electrons. The molecule has 0 heterocycles. The largest absolute Gasteiger partial charge is 1.00 e. The Labute approximate surface area is 198 Å². The molecule has 0 atom stereocenters. The molecule has 0 unspecified atom stereocenters. The SMILES string of the molecule is CCCCCCCc1cccc(Oc2ccccc2[O-])c1S(=O)(=O)O.[K+]. The van der Waals surface area contributed by atoms with Crippen LogP contribution in [0.1, 0.15) is 44.6 Å². The third kappa shape index (κ3) is 6.96. The molecule has 26 heavy (non-hydrogen) atoms. The minimum absolute atomic E-state index is 0. The van der Waals surface area contributed by atoms with Crippen molar-refractivity contribution in [2.45, 2.75) is 50.3 Å². The number of hydrogen-bond acceptors (Lipinski definition) is 4. The minimum Gasteiger partial charge on any atom is -0.870 e. The zero-order valence-corrected chi connectivity index (χ0v) is 19.2. The van der Waals surface area contributed by atoms with Gasteiger partial charge in [-0.1, -0.05) is 68.7 Å². The van der Waals surface area contributed by atoms with Crippen molar-refractivity contribution in [1.82, 2.24) is 0 Å². The van der Waals surface area contributed by atoms with Crippen LogP contribution in [-0.4, -0.2) is 13.0 Å². The smallest absolute Gasteiger partial charge is 0.870 e. The summed E-state index contributed by atoms with van der Waals surface area (Å²) in [5.41, 5.74) is 0.500. The minimum atomic E-state index is -4.47. The molecular formula is C19H23KO5S. The van der Waals surface area contributed by atoms with Crippen LogP contribution in [0.4, 0.5) is 0 Å². The van der Waals surface area contributed by atoms with Gasteiger partial charge in [0.2, 0.25) is 0 Å². The molecule has 0 aliphatic carbocycles. The van der Waals surface area contributed by atoms with Crippen LogP contribution in [-0.2, 0) is 16.5 Å². The maximum Gasteiger partial charge on any atom is 1.00 e. The van der Waals surface area contributed by atoms with Gasteiger partial charge in [-0.05, 0) is 30.5 Å². The Bertz CT molecular complexity index is 805. The Morgan fingerprint density at radius 2 is 1.62 bits per heavy atom. The molecule has 0 aromatic heterocycles. The predicted octanol–water partition coefficient (Wildman–Crippen LogP) is 1.32. The number of unbranched alkanes of at least 4 members (excludes halogenated alkanes) is 4. The number of para-hydroxylation sites is 2. The zero-order chi connectivity index (χ0) is 18.3. The molecule has 0 bridgehead atoms. The number of rotatable bonds is 9. The summed E-state index contributed by atoms with van der Waals surface area (Å²) in [6.07, 6.45) is 5.71. The Morgan fingerprint density at radius 3 is 2.27 bits per heavy atom. The van der Waals surface area contributed by atoms with Gasteiger partial charge in [0.05, 0.1) is 0 Å². The number of benzene rings is 2. The Balaban J connectivity index is 0.00000338. The van der Waals surface area contributed by atoms with Crippen molar-refractivity contribution in [2.24, 2.45) is 0 Å². The van der Waals surface area contributed by atoms with Gasteiger partial charge in [-0.3, -0.25) is 4.55 Å². The third-order valence-corrected chi connectivity index (χ3v) is 4.92. The molecule has 5 nitrogen and oxygen atoms in total. The fraction of sp³-hybridized carbons (Fsp3) is 0.368. The number of aryl methyl sites for hydroxylation is 1. The van der Waals surface area contributed by atoms with Crippen molar-refractivity contribution in [1.29, 1.82) is 0 Å². The standard InChI is InChI=1S/C19H24O5S.K/c1-2-3-4-5-6-10-15-11-9-14-18(19(15)25(21,22)23)24-17-13-8-7-12-16(17)20;/h7-9,11-14,20H,2-6,10H2,1H3,(H,21,22,23);/q;+1/p-1. The second-order valence-electron chi connectivity index (χ2n) is 5.93. The van der Waals surface area contributed by atoms with Crippen molar-refractivity contribution < 1.29 is 74.2 Å². The second-order valence-corrected chi connectivity index (χ2v) is 7.29. The Hall–Kier alpha value is -0.414. The maximum atomic E-state index is 11.9. The first-order valence-corrected chi connectivity index (χ1v) is 9.90. The first-order chi connectivity index (χ1) is 11.9. The van der Waals surface area contributed by atoms with Crippen LogP contribution < -0.4 is 61.2 Å². The van der Waals surface area contributed by atoms with E-state index in [1.54, 1.807) is 24.3 Å². The average molecular weight is 403 g/mol. The average Bonchev–Trinajstić information content (AvgIpc) is 2.56. The van der Waals surface area contributed by atoms with Crippen LogP contribution >= 0.6 is 0 Å². The maximum absolute atomic E-state index is 11.9. The van der Waals surface area contributed by atoms with Crippen molar-refractivity contribution in [2.75, 3.05) is 0 Å². The summed E-state index contributed by atoms with van der Waals surface area (Å²) in [6.45, 7) is 2.13. The van der Waals surface area contributed by atoms with Gasteiger partial charge >= 0.3 is 51.4 Å². The van der Waals surface area contributed by atoms with E-state index in [0.29, 0.717) is 12.0 Å². The molecule has 0 spiro atoms. The predicted molar refractivity (Wildman–Crippen MR) is 94.7 cm³/mol. The molecule has 1 N–H and O–H groups in total. The van der Waals surface area contributed by atoms with Crippen molar-refractivity contribution in [3.8, 4) is 17.2 Å². The molecule has 0 fully saturated rings. The summed E-state index contributed by atoms with van der Waals surface area (Å²) in [6, 6.07) is 10.8. The van der Waals surface area contributed by atoms with Crippen LogP contribution in [0, 0.1) is 0 Å². The third-order valence-electron chi connectivity index (χ3n) is 3.94. The van der Waals surface area contributed by atoms with E-state index < -0.39 is 10.1 Å². The van der Waals surface area contributed by atoms with Crippen LogP contribution in [0.15, 0.2) is 47.4 Å². The summed E-state index contributed by atoms with van der Waals surface area (Å²) in [4.78, 5) is -0.256. The summed E-state index contributed by atoms with van der Waals surface area (Å²) in [7, 11) is -4.47. The first-order valence-electron chi connectivity index (χ1n) is 8.46. The molecule has 2 rings (SSSR count). The quantitative estimate of drug-likeness (QED) is 0.388. The van der Waals surface area contributed by atoms with E-state index in [4.69, 9.17) is 4.74 Å². The van der Waals surface area contributed by atoms with Crippen LogP contribution in [0.5, 0.6) is 17.2 Å². The molecule has 0 saturated carbocycles. The van der Waals surface area contributed by atoms with E-state index >= 15 is 0 Å². The summed E-state index contributed by atoms with van der Waals surface area (Å²) >= 11 is 0. The van der Waals surface area contributed by atoms with E-state index in [2.05, 4.69) is 6.92 Å². The normalized spacial score (nSPS) is 11.0. The van der Waals surface area contributed by atoms with Crippen molar-refractivity contribution >= 4 is 10.1 Å². The fourth-order valence-corrected chi connectivity index (χ4v) is 3.57. The van der Waals surface area contributed by atoms with E-state index in [-0.39, 0.29) is 73.5 Å². The topological polar surface area (TPSA) is 86.7 Å². The van der Waals surface area contributed by atoms with E-state index in [9.17, 15) is 18.1 Å². The van der Waals surface area contributed by atoms with Crippen LogP contribution in [0.25, 0.3) is 0 Å². The van der Waals surface area contributed by atoms with E-state index in [1.807, 2.05) is 0 Å². The molecule has 7 heteroatoms. The molecular weight excluding hydrogens is 379 g/mol. The Morgan fingerprint density at radius 1 is 0.962 bits per heavy atom. The van der Waals surface area contributed by atoms with Gasteiger partial charge in [-0.2, -0.15) is 8.42 Å². The monoisotopic (exact) mass is 402 g/mol. The second kappa shape index (κ2) is 11.4. The Kier molecular flexibility index (Phi) is 10.4. The van der Waals surface area contributed by atoms with Gasteiger partial charge in [-0.25, -0.2) is 0 Å². The molecule has 0 saturated heterocycles. The summed E-state index contributed by atoms with van der Waals surface area (Å²) < 4.78 is 38.9. The first kappa shape index (κ1) is 23.6. The van der Waals surface area contributed by atoms with Gasteiger partial charge in [0.1, 0.15) is 16.4 Å². The van der Waals surface area contributed by atoms with Crippen LogP contribution in [0.2, 0.25) is 0 Å². The van der Waals surface area contributed by atoms with Crippen molar-refractivity contribution in [3.63, 3.8) is 0 Å².